The third-order valence-corrected chi connectivity index (χ3v) is 5.43. The van der Waals surface area contributed by atoms with Crippen molar-refractivity contribution in [3.63, 3.8) is 0 Å². The molecule has 2 saturated heterocycles. The van der Waals surface area contributed by atoms with Crippen LogP contribution in [0.25, 0.3) is 10.9 Å². The SMILES string of the molecule is Clc1[nH+]c2ccccc2c(N2CCOCC2)c1C[NH2+]C[C@H]1CCCO1. The van der Waals surface area contributed by atoms with Gasteiger partial charge in [0, 0.05) is 25.8 Å². The zero-order chi connectivity index (χ0) is 17.1. The lowest BCUT2D eigenvalue weighted by atomic mass is 10.1. The van der Waals surface area contributed by atoms with Gasteiger partial charge in [0.05, 0.1) is 24.3 Å². The third kappa shape index (κ3) is 3.75. The highest BCUT2D eigenvalue weighted by Gasteiger charge is 2.26. The Bertz CT molecular complexity index is 728. The van der Waals surface area contributed by atoms with E-state index in [1.165, 1.54) is 29.5 Å². The Kier molecular flexibility index (Phi) is 5.36. The number of rotatable bonds is 5. The normalized spacial score (nSPS) is 21.2. The van der Waals surface area contributed by atoms with Gasteiger partial charge in [0.25, 0.3) is 5.15 Å². The first kappa shape index (κ1) is 17.0. The number of para-hydroxylation sites is 1. The molecule has 6 heteroatoms. The number of ether oxygens (including phenoxy) is 2. The molecule has 0 bridgehead atoms. The highest BCUT2D eigenvalue weighted by atomic mass is 35.5. The van der Waals surface area contributed by atoms with Crippen molar-refractivity contribution in [3.05, 3.63) is 35.0 Å². The highest BCUT2D eigenvalue weighted by Crippen LogP contribution is 2.32. The van der Waals surface area contributed by atoms with Crippen molar-refractivity contribution in [2.24, 2.45) is 0 Å². The second kappa shape index (κ2) is 7.87. The van der Waals surface area contributed by atoms with Gasteiger partial charge >= 0.3 is 0 Å². The van der Waals surface area contributed by atoms with E-state index in [9.17, 15) is 0 Å². The van der Waals surface area contributed by atoms with Crippen LogP contribution in [0.2, 0.25) is 5.15 Å². The molecule has 1 atom stereocenters. The lowest BCUT2D eigenvalue weighted by molar-refractivity contribution is -0.676. The lowest BCUT2D eigenvalue weighted by Crippen LogP contribution is -2.84. The molecule has 5 nitrogen and oxygen atoms in total. The first-order valence-electron chi connectivity index (χ1n) is 9.21. The Balaban J connectivity index is 1.64. The van der Waals surface area contributed by atoms with Crippen LogP contribution in [0.5, 0.6) is 0 Å². The number of morpholine rings is 1. The summed E-state index contributed by atoms with van der Waals surface area (Å²) in [7, 11) is 0. The number of halogens is 1. The first-order chi connectivity index (χ1) is 12.3. The van der Waals surface area contributed by atoms with Crippen LogP contribution in [0, 0.1) is 0 Å². The first-order valence-corrected chi connectivity index (χ1v) is 9.59. The summed E-state index contributed by atoms with van der Waals surface area (Å²) < 4.78 is 11.3. The van der Waals surface area contributed by atoms with Crippen molar-refractivity contribution in [2.45, 2.75) is 25.5 Å². The lowest BCUT2D eigenvalue weighted by Gasteiger charge is -2.30. The molecule has 3 N–H and O–H groups in total. The van der Waals surface area contributed by atoms with Crippen LogP contribution in [0.1, 0.15) is 18.4 Å². The largest absolute Gasteiger partial charge is 0.378 e. The summed E-state index contributed by atoms with van der Waals surface area (Å²) in [6.45, 7) is 6.10. The summed E-state index contributed by atoms with van der Waals surface area (Å²) in [4.78, 5) is 5.79. The minimum atomic E-state index is 0.384. The van der Waals surface area contributed by atoms with E-state index in [4.69, 9.17) is 21.1 Å². The molecule has 3 heterocycles. The maximum absolute atomic E-state index is 6.66. The van der Waals surface area contributed by atoms with E-state index in [-0.39, 0.29) is 0 Å². The molecule has 0 spiro atoms. The van der Waals surface area contributed by atoms with Gasteiger partial charge in [0.1, 0.15) is 24.8 Å². The molecule has 134 valence electrons. The molecule has 1 aromatic carbocycles. The molecular formula is C19H26ClN3O2+2. The predicted octanol–water partition coefficient (Wildman–Crippen LogP) is 1.39. The molecule has 0 radical (unpaired) electrons. The highest BCUT2D eigenvalue weighted by molar-refractivity contribution is 6.30. The van der Waals surface area contributed by atoms with Crippen LogP contribution in [-0.4, -0.2) is 45.6 Å². The predicted molar refractivity (Wildman–Crippen MR) is 98.0 cm³/mol. The standard InChI is InChI=1S/C19H24ClN3O2/c20-19-16(13-21-12-14-4-3-9-25-14)18(23-7-10-24-11-8-23)15-5-1-2-6-17(15)22-19/h1-2,5-6,14,21H,3-4,7-13H2/p+2/t14-/m1/s1. The van der Waals surface area contributed by atoms with Gasteiger partial charge < -0.3 is 19.7 Å². The monoisotopic (exact) mass is 363 g/mol. The van der Waals surface area contributed by atoms with Crippen LogP contribution >= 0.6 is 11.6 Å². The molecule has 0 unspecified atom stereocenters. The Morgan fingerprint density at radius 2 is 2.04 bits per heavy atom. The summed E-state index contributed by atoms with van der Waals surface area (Å²) in [6.07, 6.45) is 2.74. The minimum Gasteiger partial charge on any atom is -0.378 e. The fraction of sp³-hybridized carbons (Fsp3) is 0.526. The maximum Gasteiger partial charge on any atom is 0.284 e. The molecule has 0 amide bonds. The van der Waals surface area contributed by atoms with E-state index in [1.807, 2.05) is 6.07 Å². The fourth-order valence-electron chi connectivity index (χ4n) is 3.84. The third-order valence-electron chi connectivity index (χ3n) is 5.11. The minimum absolute atomic E-state index is 0.384. The van der Waals surface area contributed by atoms with Gasteiger partial charge in [-0.2, -0.15) is 4.98 Å². The second-order valence-electron chi connectivity index (χ2n) is 6.77. The Labute approximate surface area is 153 Å². The van der Waals surface area contributed by atoms with Crippen LogP contribution in [0.3, 0.4) is 0 Å². The van der Waals surface area contributed by atoms with Crippen LogP contribution in [-0.2, 0) is 16.0 Å². The van der Waals surface area contributed by atoms with Gasteiger partial charge in [0.2, 0.25) is 5.52 Å². The summed E-state index contributed by atoms with van der Waals surface area (Å²) in [5, 5.41) is 4.29. The quantitative estimate of drug-likeness (QED) is 0.817. The van der Waals surface area contributed by atoms with Crippen LogP contribution in [0.15, 0.2) is 24.3 Å². The number of hydrogen-bond acceptors (Lipinski definition) is 3. The Morgan fingerprint density at radius 3 is 2.84 bits per heavy atom. The van der Waals surface area contributed by atoms with Crippen molar-refractivity contribution < 1.29 is 19.8 Å². The average Bonchev–Trinajstić information content (AvgIpc) is 3.16. The summed E-state index contributed by atoms with van der Waals surface area (Å²) in [6, 6.07) is 8.40. The van der Waals surface area contributed by atoms with Crippen molar-refractivity contribution in [1.29, 1.82) is 0 Å². The van der Waals surface area contributed by atoms with Gasteiger partial charge in [-0.15, -0.1) is 0 Å². The van der Waals surface area contributed by atoms with Crippen molar-refractivity contribution >= 4 is 28.2 Å². The van der Waals surface area contributed by atoms with E-state index in [2.05, 4.69) is 33.4 Å². The summed E-state index contributed by atoms with van der Waals surface area (Å²) >= 11 is 6.66. The zero-order valence-corrected chi connectivity index (χ0v) is 15.2. The molecule has 1 aromatic heterocycles. The molecule has 25 heavy (non-hydrogen) atoms. The van der Waals surface area contributed by atoms with Gasteiger partial charge in [-0.3, -0.25) is 0 Å². The molecule has 2 fully saturated rings. The van der Waals surface area contributed by atoms with E-state index >= 15 is 0 Å². The number of nitrogens with one attached hydrogen (secondary N) is 1. The Hall–Kier alpha value is -1.40. The number of quaternary nitrogens is 1. The van der Waals surface area contributed by atoms with Gasteiger partial charge in [0.15, 0.2) is 0 Å². The number of nitrogens with two attached hydrogens (primary N) is 1. The fourth-order valence-corrected chi connectivity index (χ4v) is 4.11. The molecule has 2 aliphatic heterocycles. The maximum atomic E-state index is 6.66. The molecular weight excluding hydrogens is 338 g/mol. The van der Waals surface area contributed by atoms with Gasteiger partial charge in [-0.05, 0) is 30.5 Å². The van der Waals surface area contributed by atoms with E-state index in [0.717, 1.165) is 56.7 Å². The van der Waals surface area contributed by atoms with Crippen LogP contribution in [0.4, 0.5) is 5.69 Å². The van der Waals surface area contributed by atoms with E-state index in [0.29, 0.717) is 6.10 Å². The van der Waals surface area contributed by atoms with Gasteiger partial charge in [-0.1, -0.05) is 12.1 Å². The number of H-pyrrole nitrogens is 1. The number of benzene rings is 1. The van der Waals surface area contributed by atoms with Crippen molar-refractivity contribution in [2.75, 3.05) is 44.4 Å². The smallest absolute Gasteiger partial charge is 0.284 e. The number of nitrogens with zero attached hydrogens (tertiary/aromatic N) is 1. The molecule has 2 aromatic rings. The van der Waals surface area contributed by atoms with Gasteiger partial charge in [-0.25, -0.2) is 0 Å². The summed E-state index contributed by atoms with van der Waals surface area (Å²) in [5.41, 5.74) is 3.52. The number of anilines is 1. The Morgan fingerprint density at radius 1 is 1.20 bits per heavy atom. The topological polar surface area (TPSA) is 52.5 Å². The van der Waals surface area contributed by atoms with Crippen molar-refractivity contribution in [1.82, 2.24) is 0 Å². The van der Waals surface area contributed by atoms with E-state index in [1.54, 1.807) is 0 Å². The van der Waals surface area contributed by atoms with Crippen molar-refractivity contribution in [3.8, 4) is 0 Å². The van der Waals surface area contributed by atoms with E-state index < -0.39 is 0 Å². The number of aromatic nitrogens is 1. The number of fused-ring (bicyclic) bond motifs is 1. The second-order valence-corrected chi connectivity index (χ2v) is 7.15. The zero-order valence-electron chi connectivity index (χ0n) is 14.5. The summed E-state index contributed by atoms with van der Waals surface area (Å²) in [5.74, 6) is 0. The molecule has 0 saturated carbocycles. The molecule has 4 rings (SSSR count). The molecule has 2 aliphatic rings. The molecule has 0 aliphatic carbocycles. The number of pyridine rings is 1. The average molecular weight is 364 g/mol. The number of aromatic amines is 1. The van der Waals surface area contributed by atoms with Crippen LogP contribution < -0.4 is 15.2 Å². The number of hydrogen-bond donors (Lipinski definition) is 1.